The molecule has 0 saturated heterocycles. The standard InChI is InChI=1S/C19H36O2/c1-8-14(4)21-16-12-19(9-2)13(3)10-11-15(19)17(5,6)18(16,7)20/h13-16,20H,8-12H2,1-7H3/t13-,14-,15+,16+,18+,19-/m1/s1. The lowest BCUT2D eigenvalue weighted by Gasteiger charge is -2.61. The third-order valence-corrected chi connectivity index (χ3v) is 7.56. The van der Waals surface area contributed by atoms with Crippen LogP contribution in [0.1, 0.15) is 80.6 Å². The molecule has 0 unspecified atom stereocenters. The van der Waals surface area contributed by atoms with Gasteiger partial charge in [0, 0.05) is 0 Å². The van der Waals surface area contributed by atoms with E-state index < -0.39 is 5.60 Å². The van der Waals surface area contributed by atoms with E-state index in [1.807, 2.05) is 6.92 Å². The van der Waals surface area contributed by atoms with Crippen LogP contribution in [0.25, 0.3) is 0 Å². The van der Waals surface area contributed by atoms with Crippen LogP contribution in [0.5, 0.6) is 0 Å². The van der Waals surface area contributed by atoms with E-state index in [0.29, 0.717) is 11.3 Å². The van der Waals surface area contributed by atoms with Crippen molar-refractivity contribution in [2.45, 2.75) is 98.4 Å². The minimum Gasteiger partial charge on any atom is -0.387 e. The maximum atomic E-state index is 11.3. The van der Waals surface area contributed by atoms with Gasteiger partial charge in [-0.05, 0) is 68.6 Å². The number of aliphatic hydroxyl groups is 1. The van der Waals surface area contributed by atoms with E-state index in [2.05, 4.69) is 41.5 Å². The molecule has 0 radical (unpaired) electrons. The molecule has 0 aromatic heterocycles. The van der Waals surface area contributed by atoms with Gasteiger partial charge >= 0.3 is 0 Å². The molecular formula is C19H36O2. The highest BCUT2D eigenvalue weighted by Gasteiger charge is 2.65. The van der Waals surface area contributed by atoms with Gasteiger partial charge < -0.3 is 9.84 Å². The number of hydrogen-bond acceptors (Lipinski definition) is 2. The van der Waals surface area contributed by atoms with Crippen molar-refractivity contribution in [1.82, 2.24) is 0 Å². The summed E-state index contributed by atoms with van der Waals surface area (Å²) in [5.41, 5.74) is -0.488. The molecule has 0 bridgehead atoms. The monoisotopic (exact) mass is 296 g/mol. The molecule has 0 aliphatic heterocycles. The maximum absolute atomic E-state index is 11.3. The van der Waals surface area contributed by atoms with E-state index in [1.54, 1.807) is 0 Å². The zero-order chi connectivity index (χ0) is 16.1. The smallest absolute Gasteiger partial charge is 0.0933 e. The molecule has 2 rings (SSSR count). The van der Waals surface area contributed by atoms with Crippen molar-refractivity contribution in [3.05, 3.63) is 0 Å². The number of ether oxygens (including phenoxy) is 1. The molecule has 2 saturated carbocycles. The third kappa shape index (κ3) is 2.37. The molecule has 6 atom stereocenters. The summed E-state index contributed by atoms with van der Waals surface area (Å²) < 4.78 is 6.32. The lowest BCUT2D eigenvalue weighted by molar-refractivity contribution is -0.246. The SMILES string of the molecule is CC[C@@H](C)O[C@H]1C[C@]2(CC)[C@H](C)CC[C@H]2C(C)(C)[C@@]1(C)O. The molecule has 2 aliphatic carbocycles. The van der Waals surface area contributed by atoms with E-state index in [4.69, 9.17) is 4.74 Å². The van der Waals surface area contributed by atoms with E-state index in [-0.39, 0.29) is 17.6 Å². The third-order valence-electron chi connectivity index (χ3n) is 7.56. The molecule has 2 aliphatic rings. The van der Waals surface area contributed by atoms with Crippen LogP contribution in [-0.2, 0) is 4.74 Å². The van der Waals surface area contributed by atoms with E-state index in [0.717, 1.165) is 18.8 Å². The molecule has 124 valence electrons. The highest BCUT2D eigenvalue weighted by molar-refractivity contribution is 5.14. The van der Waals surface area contributed by atoms with E-state index in [9.17, 15) is 5.11 Å². The molecule has 21 heavy (non-hydrogen) atoms. The zero-order valence-electron chi connectivity index (χ0n) is 15.2. The minimum atomic E-state index is -0.746. The molecule has 0 aromatic carbocycles. The van der Waals surface area contributed by atoms with Gasteiger partial charge in [0.2, 0.25) is 0 Å². The predicted octanol–water partition coefficient (Wildman–Crippen LogP) is 4.79. The summed E-state index contributed by atoms with van der Waals surface area (Å²) in [4.78, 5) is 0. The van der Waals surface area contributed by atoms with Crippen LogP contribution in [0.2, 0.25) is 0 Å². The van der Waals surface area contributed by atoms with Crippen LogP contribution < -0.4 is 0 Å². The van der Waals surface area contributed by atoms with Crippen LogP contribution in [0.4, 0.5) is 0 Å². The zero-order valence-corrected chi connectivity index (χ0v) is 15.2. The van der Waals surface area contributed by atoms with E-state index in [1.165, 1.54) is 19.3 Å². The molecule has 0 aromatic rings. The van der Waals surface area contributed by atoms with Crippen molar-refractivity contribution in [1.29, 1.82) is 0 Å². The summed E-state index contributed by atoms with van der Waals surface area (Å²) in [6, 6.07) is 0. The fraction of sp³-hybridized carbons (Fsp3) is 1.00. The molecule has 0 spiro atoms. The first-order chi connectivity index (χ1) is 9.63. The molecule has 2 heteroatoms. The van der Waals surface area contributed by atoms with Crippen molar-refractivity contribution in [2.24, 2.45) is 22.7 Å². The normalized spacial score (nSPS) is 47.1. The van der Waals surface area contributed by atoms with Gasteiger partial charge in [0.05, 0.1) is 17.8 Å². The average Bonchev–Trinajstić information content (AvgIpc) is 2.75. The van der Waals surface area contributed by atoms with Crippen molar-refractivity contribution in [2.75, 3.05) is 0 Å². The Bertz CT molecular complexity index is 374. The molecule has 0 amide bonds. The topological polar surface area (TPSA) is 29.5 Å². The van der Waals surface area contributed by atoms with Crippen molar-refractivity contribution >= 4 is 0 Å². The fourth-order valence-electron chi connectivity index (χ4n) is 5.37. The van der Waals surface area contributed by atoms with Gasteiger partial charge in [0.25, 0.3) is 0 Å². The highest BCUT2D eigenvalue weighted by Crippen LogP contribution is 2.66. The molecule has 2 fully saturated rings. The van der Waals surface area contributed by atoms with Gasteiger partial charge in [-0.2, -0.15) is 0 Å². The van der Waals surface area contributed by atoms with Gasteiger partial charge in [-0.15, -0.1) is 0 Å². The summed E-state index contributed by atoms with van der Waals surface area (Å²) in [6.07, 6.45) is 5.97. The van der Waals surface area contributed by atoms with Gasteiger partial charge in [-0.25, -0.2) is 0 Å². The number of rotatable bonds is 4. The first-order valence-corrected chi connectivity index (χ1v) is 9.01. The van der Waals surface area contributed by atoms with Crippen LogP contribution >= 0.6 is 0 Å². The van der Waals surface area contributed by atoms with Gasteiger partial charge in [0.1, 0.15) is 0 Å². The Kier molecular flexibility index (Phi) is 4.55. The Morgan fingerprint density at radius 3 is 2.33 bits per heavy atom. The van der Waals surface area contributed by atoms with Crippen molar-refractivity contribution in [3.8, 4) is 0 Å². The maximum Gasteiger partial charge on any atom is 0.0933 e. The Balaban J connectivity index is 2.40. The Morgan fingerprint density at radius 2 is 1.81 bits per heavy atom. The lowest BCUT2D eigenvalue weighted by Crippen LogP contribution is -2.64. The summed E-state index contributed by atoms with van der Waals surface area (Å²) in [5, 5.41) is 11.3. The van der Waals surface area contributed by atoms with Gasteiger partial charge in [-0.1, -0.05) is 34.6 Å². The lowest BCUT2D eigenvalue weighted by atomic mass is 9.48. The van der Waals surface area contributed by atoms with Crippen LogP contribution in [0, 0.1) is 22.7 Å². The number of fused-ring (bicyclic) bond motifs is 1. The molecule has 1 N–H and O–H groups in total. The molecule has 0 heterocycles. The quantitative estimate of drug-likeness (QED) is 0.808. The van der Waals surface area contributed by atoms with Crippen LogP contribution in [0.3, 0.4) is 0 Å². The largest absolute Gasteiger partial charge is 0.387 e. The van der Waals surface area contributed by atoms with Crippen LogP contribution in [0.15, 0.2) is 0 Å². The Morgan fingerprint density at radius 1 is 1.19 bits per heavy atom. The number of hydrogen-bond donors (Lipinski definition) is 1. The second kappa shape index (κ2) is 5.53. The summed E-state index contributed by atoms with van der Waals surface area (Å²) in [6.45, 7) is 15.6. The highest BCUT2D eigenvalue weighted by atomic mass is 16.5. The second-order valence-corrected chi connectivity index (χ2v) is 8.53. The minimum absolute atomic E-state index is 0.0424. The van der Waals surface area contributed by atoms with Gasteiger partial charge in [-0.3, -0.25) is 0 Å². The summed E-state index contributed by atoms with van der Waals surface area (Å²) in [5.74, 6) is 1.35. The average molecular weight is 296 g/mol. The Labute approximate surface area is 131 Å². The molecular weight excluding hydrogens is 260 g/mol. The first-order valence-electron chi connectivity index (χ1n) is 9.01. The van der Waals surface area contributed by atoms with E-state index >= 15 is 0 Å². The fourth-order valence-corrected chi connectivity index (χ4v) is 5.37. The van der Waals surface area contributed by atoms with Crippen molar-refractivity contribution < 1.29 is 9.84 Å². The summed E-state index contributed by atoms with van der Waals surface area (Å²) >= 11 is 0. The Hall–Kier alpha value is -0.0800. The first kappa shape index (κ1) is 17.3. The van der Waals surface area contributed by atoms with Crippen LogP contribution in [-0.4, -0.2) is 22.9 Å². The predicted molar refractivity (Wildman–Crippen MR) is 88.3 cm³/mol. The van der Waals surface area contributed by atoms with Gasteiger partial charge in [0.15, 0.2) is 0 Å². The second-order valence-electron chi connectivity index (χ2n) is 8.53. The van der Waals surface area contributed by atoms with Crippen molar-refractivity contribution in [3.63, 3.8) is 0 Å². The molecule has 2 nitrogen and oxygen atoms in total. The summed E-state index contributed by atoms with van der Waals surface area (Å²) in [7, 11) is 0.